The Labute approximate surface area is 217 Å². The molecule has 4 rings (SSSR count). The fourth-order valence-corrected chi connectivity index (χ4v) is 4.00. The van der Waals surface area contributed by atoms with Crippen LogP contribution in [0.4, 0.5) is 0 Å². The van der Waals surface area contributed by atoms with E-state index in [9.17, 15) is 9.59 Å². The van der Waals surface area contributed by atoms with Crippen LogP contribution in [-0.2, 0) is 17.8 Å². The summed E-state index contributed by atoms with van der Waals surface area (Å²) >= 11 is 0. The van der Waals surface area contributed by atoms with Gasteiger partial charge in [0, 0.05) is 45.4 Å². The van der Waals surface area contributed by atoms with Gasteiger partial charge in [0.1, 0.15) is 18.1 Å². The molecule has 194 valence electrons. The van der Waals surface area contributed by atoms with Crippen molar-refractivity contribution in [3.63, 3.8) is 0 Å². The number of ether oxygens (including phenoxy) is 3. The lowest BCUT2D eigenvalue weighted by Crippen LogP contribution is -2.48. The summed E-state index contributed by atoms with van der Waals surface area (Å²) in [6.45, 7) is 3.67. The maximum absolute atomic E-state index is 12.9. The number of methoxy groups -OCH3 is 1. The number of likely N-dealkylation sites (N-methyl/N-ethyl adjacent to an activating group) is 1. The molecule has 1 saturated heterocycles. The van der Waals surface area contributed by atoms with Crippen molar-refractivity contribution in [1.29, 1.82) is 0 Å². The van der Waals surface area contributed by atoms with E-state index in [1.165, 1.54) is 16.7 Å². The van der Waals surface area contributed by atoms with E-state index in [1.54, 1.807) is 38.2 Å². The number of benzene rings is 2. The van der Waals surface area contributed by atoms with E-state index >= 15 is 0 Å². The van der Waals surface area contributed by atoms with Crippen molar-refractivity contribution >= 4 is 11.8 Å². The van der Waals surface area contributed by atoms with Gasteiger partial charge < -0.3 is 24.0 Å². The monoisotopic (exact) mass is 503 g/mol. The molecule has 8 nitrogen and oxygen atoms in total. The molecule has 0 spiro atoms. The maximum Gasteiger partial charge on any atom is 0.272 e. The molecule has 8 heteroatoms. The van der Waals surface area contributed by atoms with Gasteiger partial charge in [0.2, 0.25) is 0 Å². The van der Waals surface area contributed by atoms with Crippen LogP contribution >= 0.6 is 0 Å². The van der Waals surface area contributed by atoms with E-state index in [4.69, 9.17) is 14.2 Å². The smallest absolute Gasteiger partial charge is 0.272 e. The lowest BCUT2D eigenvalue weighted by atomic mass is 9.91. The number of nitrogens with zero attached hydrogens (tertiary/aromatic N) is 3. The summed E-state index contributed by atoms with van der Waals surface area (Å²) in [6, 6.07) is 17.5. The molecule has 37 heavy (non-hydrogen) atoms. The minimum Gasteiger partial charge on any atom is -0.493 e. The van der Waals surface area contributed by atoms with Crippen molar-refractivity contribution in [2.75, 3.05) is 40.9 Å². The highest BCUT2D eigenvalue weighted by Crippen LogP contribution is 2.35. The van der Waals surface area contributed by atoms with Gasteiger partial charge in [-0.15, -0.1) is 0 Å². The average Bonchev–Trinajstić information content (AvgIpc) is 2.90. The van der Waals surface area contributed by atoms with Crippen molar-refractivity contribution in [3.8, 4) is 17.2 Å². The largest absolute Gasteiger partial charge is 0.493 e. The highest BCUT2D eigenvalue weighted by Gasteiger charge is 2.33. The first-order chi connectivity index (χ1) is 17.9. The number of aromatic nitrogens is 1. The first-order valence-corrected chi connectivity index (χ1v) is 12.3. The van der Waals surface area contributed by atoms with Gasteiger partial charge in [-0.25, -0.2) is 0 Å². The number of pyridine rings is 1. The first kappa shape index (κ1) is 26.0. The number of aryl methyl sites for hydroxylation is 1. The fraction of sp³-hybridized carbons (Fsp3) is 0.345. The van der Waals surface area contributed by atoms with Gasteiger partial charge in [0.25, 0.3) is 11.8 Å². The molecular weight excluding hydrogens is 470 g/mol. The Morgan fingerprint density at radius 3 is 2.38 bits per heavy atom. The van der Waals surface area contributed by atoms with Gasteiger partial charge in [-0.05, 0) is 41.3 Å². The van der Waals surface area contributed by atoms with E-state index in [-0.39, 0.29) is 24.3 Å². The van der Waals surface area contributed by atoms with Crippen LogP contribution in [0.15, 0.2) is 60.8 Å². The summed E-state index contributed by atoms with van der Waals surface area (Å²) in [5.41, 5.74) is 3.78. The molecule has 2 heterocycles. The van der Waals surface area contributed by atoms with E-state index < -0.39 is 0 Å². The third-order valence-electron chi connectivity index (χ3n) is 6.47. The second-order valence-corrected chi connectivity index (χ2v) is 9.23. The van der Waals surface area contributed by atoms with E-state index in [0.29, 0.717) is 42.6 Å². The molecule has 0 aliphatic carbocycles. The Morgan fingerprint density at radius 2 is 1.70 bits per heavy atom. The average molecular weight is 504 g/mol. The summed E-state index contributed by atoms with van der Waals surface area (Å²) in [5.74, 6) is 1.67. The molecule has 0 bridgehead atoms. The summed E-state index contributed by atoms with van der Waals surface area (Å²) in [5, 5.41) is 0. The quantitative estimate of drug-likeness (QED) is 0.417. The number of amides is 2. The zero-order chi connectivity index (χ0) is 26.4. The number of rotatable bonds is 10. The van der Waals surface area contributed by atoms with Crippen LogP contribution in [0.2, 0.25) is 0 Å². The van der Waals surface area contributed by atoms with Crippen molar-refractivity contribution in [3.05, 3.63) is 83.2 Å². The number of carbonyl (C=O) groups excluding carboxylic acids is 2. The maximum atomic E-state index is 12.9. The molecule has 0 unspecified atom stereocenters. The molecule has 0 saturated carbocycles. The van der Waals surface area contributed by atoms with Crippen LogP contribution in [0.5, 0.6) is 17.2 Å². The molecule has 2 aromatic carbocycles. The third-order valence-corrected chi connectivity index (χ3v) is 6.47. The highest BCUT2D eigenvalue weighted by atomic mass is 16.5. The molecule has 0 radical (unpaired) electrons. The molecular formula is C29H33N3O5. The van der Waals surface area contributed by atoms with Crippen LogP contribution < -0.4 is 14.2 Å². The molecule has 1 aliphatic rings. The second kappa shape index (κ2) is 11.8. The zero-order valence-electron chi connectivity index (χ0n) is 21.8. The van der Waals surface area contributed by atoms with E-state index in [2.05, 4.69) is 36.2 Å². The Hall–Kier alpha value is -4.07. The predicted octanol–water partition coefficient (Wildman–Crippen LogP) is 3.94. The van der Waals surface area contributed by atoms with Crippen LogP contribution in [0.25, 0.3) is 0 Å². The van der Waals surface area contributed by atoms with Crippen molar-refractivity contribution in [2.24, 2.45) is 0 Å². The summed E-state index contributed by atoms with van der Waals surface area (Å²) < 4.78 is 17.1. The van der Waals surface area contributed by atoms with Gasteiger partial charge in [-0.3, -0.25) is 14.6 Å². The van der Waals surface area contributed by atoms with Gasteiger partial charge in [0.15, 0.2) is 18.1 Å². The second-order valence-electron chi connectivity index (χ2n) is 9.23. The van der Waals surface area contributed by atoms with Crippen LogP contribution in [0.3, 0.4) is 0 Å². The minimum absolute atomic E-state index is 0.0941. The predicted molar refractivity (Wildman–Crippen MR) is 140 cm³/mol. The Kier molecular flexibility index (Phi) is 8.28. The third kappa shape index (κ3) is 6.39. The highest BCUT2D eigenvalue weighted by molar-refractivity contribution is 5.93. The lowest BCUT2D eigenvalue weighted by molar-refractivity contribution is -0.130. The van der Waals surface area contributed by atoms with Gasteiger partial charge >= 0.3 is 0 Å². The van der Waals surface area contributed by atoms with E-state index in [0.717, 1.165) is 17.5 Å². The van der Waals surface area contributed by atoms with Gasteiger partial charge in [-0.1, -0.05) is 37.3 Å². The van der Waals surface area contributed by atoms with Gasteiger partial charge in [-0.2, -0.15) is 0 Å². The van der Waals surface area contributed by atoms with Crippen LogP contribution in [0, 0.1) is 0 Å². The summed E-state index contributed by atoms with van der Waals surface area (Å²) in [4.78, 5) is 32.1. The Morgan fingerprint density at radius 1 is 0.973 bits per heavy atom. The van der Waals surface area contributed by atoms with Crippen molar-refractivity contribution in [2.45, 2.75) is 25.9 Å². The Balaban J connectivity index is 1.33. The van der Waals surface area contributed by atoms with Crippen molar-refractivity contribution in [1.82, 2.24) is 14.8 Å². The number of carbonyl (C=O) groups is 2. The topological polar surface area (TPSA) is 81.2 Å². The summed E-state index contributed by atoms with van der Waals surface area (Å²) in [7, 11) is 4.96. The Bertz CT molecular complexity index is 1240. The zero-order valence-corrected chi connectivity index (χ0v) is 21.8. The summed E-state index contributed by atoms with van der Waals surface area (Å²) in [6.07, 6.45) is 2.53. The minimum atomic E-state index is -0.165. The van der Waals surface area contributed by atoms with E-state index in [1.807, 2.05) is 18.2 Å². The standard InChI is InChI=1S/C29H33N3O5/c1-5-20-6-8-21(9-7-20)18-37-26-11-10-22(14-27(26)35-4)23-16-32(17-23)29(34)25-15-24(12-13-30-25)36-19-28(33)31(2)3/h6-15,23H,5,16-19H2,1-4H3. The van der Waals surface area contributed by atoms with Crippen LogP contribution in [-0.4, -0.2) is 67.5 Å². The van der Waals surface area contributed by atoms with Gasteiger partial charge in [0.05, 0.1) is 7.11 Å². The molecule has 0 atom stereocenters. The van der Waals surface area contributed by atoms with Crippen LogP contribution in [0.1, 0.15) is 40.0 Å². The molecule has 1 aromatic heterocycles. The number of hydrogen-bond donors (Lipinski definition) is 0. The molecule has 1 fully saturated rings. The molecule has 1 aliphatic heterocycles. The number of likely N-dealkylation sites (tertiary alicyclic amines) is 1. The normalized spacial score (nSPS) is 13.0. The fourth-order valence-electron chi connectivity index (χ4n) is 4.00. The first-order valence-electron chi connectivity index (χ1n) is 12.3. The lowest BCUT2D eigenvalue weighted by Gasteiger charge is -2.39. The SMILES string of the molecule is CCc1ccc(COc2ccc(C3CN(C(=O)c4cc(OCC(=O)N(C)C)ccn4)C3)cc2OC)cc1. The molecule has 2 amide bonds. The molecule has 0 N–H and O–H groups in total. The van der Waals surface area contributed by atoms with Crippen molar-refractivity contribution < 1.29 is 23.8 Å². The molecule has 3 aromatic rings. The number of hydrogen-bond acceptors (Lipinski definition) is 6.